The Morgan fingerprint density at radius 2 is 1.84 bits per heavy atom. The average molecular weight is 458 g/mol. The number of nitrogens with zero attached hydrogens (tertiary/aromatic N) is 3. The van der Waals surface area contributed by atoms with E-state index in [4.69, 9.17) is 16.3 Å². The van der Waals surface area contributed by atoms with E-state index in [0.717, 1.165) is 48.7 Å². The molecule has 1 aliphatic rings. The molecule has 1 saturated heterocycles. The maximum absolute atomic E-state index is 12.7. The second-order valence-electron chi connectivity index (χ2n) is 7.66. The Bertz CT molecular complexity index is 1110. The standard InChI is InChI=1S/C22H25ClN5O2P/c1-31(2,29)20-9-4-3-8-19(20)26-21-18(23)15-24-22(27-21)25-16-6-5-7-17(14-16)28-10-12-30-13-11-28/h3-9,14-15H,10-13H2,1-2H3,(H2,24,25,26,27). The monoisotopic (exact) mass is 457 g/mol. The van der Waals surface area contributed by atoms with Crippen molar-refractivity contribution in [3.63, 3.8) is 0 Å². The second-order valence-corrected chi connectivity index (χ2v) is 11.2. The quantitative estimate of drug-likeness (QED) is 0.519. The van der Waals surface area contributed by atoms with Gasteiger partial charge in [0.25, 0.3) is 0 Å². The molecular formula is C22H25ClN5O2P. The summed E-state index contributed by atoms with van der Waals surface area (Å²) < 4.78 is 18.1. The molecule has 4 rings (SSSR count). The van der Waals surface area contributed by atoms with Gasteiger partial charge in [-0.1, -0.05) is 29.8 Å². The first-order chi connectivity index (χ1) is 14.9. The van der Waals surface area contributed by atoms with E-state index in [2.05, 4.69) is 37.6 Å². The van der Waals surface area contributed by atoms with Crippen molar-refractivity contribution in [2.75, 3.05) is 55.2 Å². The highest BCUT2D eigenvalue weighted by molar-refractivity contribution is 7.70. The summed E-state index contributed by atoms with van der Waals surface area (Å²) in [5, 5.41) is 7.59. The summed E-state index contributed by atoms with van der Waals surface area (Å²) >= 11 is 6.34. The molecule has 2 heterocycles. The molecule has 0 aliphatic carbocycles. The van der Waals surface area contributed by atoms with Crippen LogP contribution < -0.4 is 20.8 Å². The molecule has 1 aliphatic heterocycles. The first kappa shape index (κ1) is 21.6. The Morgan fingerprint density at radius 3 is 2.61 bits per heavy atom. The summed E-state index contributed by atoms with van der Waals surface area (Å²) in [4.78, 5) is 11.1. The number of rotatable bonds is 6. The normalized spacial score (nSPS) is 14.4. The van der Waals surface area contributed by atoms with E-state index in [1.807, 2.05) is 36.4 Å². The summed E-state index contributed by atoms with van der Waals surface area (Å²) in [6.07, 6.45) is 1.55. The van der Waals surface area contributed by atoms with Crippen LogP contribution in [0.15, 0.2) is 54.7 Å². The van der Waals surface area contributed by atoms with E-state index in [9.17, 15) is 4.57 Å². The van der Waals surface area contributed by atoms with Gasteiger partial charge in [0.2, 0.25) is 5.95 Å². The first-order valence-electron chi connectivity index (χ1n) is 10.0. The molecule has 31 heavy (non-hydrogen) atoms. The minimum atomic E-state index is -2.47. The van der Waals surface area contributed by atoms with Gasteiger partial charge in [-0.15, -0.1) is 0 Å². The molecule has 0 bridgehead atoms. The molecule has 2 N–H and O–H groups in total. The largest absolute Gasteiger partial charge is 0.378 e. The summed E-state index contributed by atoms with van der Waals surface area (Å²) in [6.45, 7) is 6.68. The topological polar surface area (TPSA) is 79.4 Å². The molecule has 0 atom stereocenters. The van der Waals surface area contributed by atoms with E-state index >= 15 is 0 Å². The molecule has 7 nitrogen and oxygen atoms in total. The molecule has 9 heteroatoms. The molecule has 0 saturated carbocycles. The van der Waals surface area contributed by atoms with Gasteiger partial charge in [-0.2, -0.15) is 4.98 Å². The Hall–Kier alpha value is -2.60. The van der Waals surface area contributed by atoms with E-state index in [0.29, 0.717) is 16.8 Å². The molecule has 162 valence electrons. The van der Waals surface area contributed by atoms with Gasteiger partial charge in [0.1, 0.15) is 12.2 Å². The summed E-state index contributed by atoms with van der Waals surface area (Å²) in [5.41, 5.74) is 2.72. The number of ether oxygens (including phenoxy) is 1. The van der Waals surface area contributed by atoms with Crippen LogP contribution >= 0.6 is 18.7 Å². The van der Waals surface area contributed by atoms with Crippen molar-refractivity contribution in [2.45, 2.75) is 0 Å². The third-order valence-electron chi connectivity index (χ3n) is 4.96. The van der Waals surface area contributed by atoms with Gasteiger partial charge in [0.15, 0.2) is 5.82 Å². The van der Waals surface area contributed by atoms with Crippen LogP contribution in [0, 0.1) is 0 Å². The zero-order valence-electron chi connectivity index (χ0n) is 17.5. The zero-order chi connectivity index (χ0) is 21.8. The molecule has 0 radical (unpaired) electrons. The zero-order valence-corrected chi connectivity index (χ0v) is 19.2. The molecule has 0 unspecified atom stereocenters. The fourth-order valence-corrected chi connectivity index (χ4v) is 4.72. The minimum absolute atomic E-state index is 0.379. The van der Waals surface area contributed by atoms with Gasteiger partial charge >= 0.3 is 0 Å². The predicted molar refractivity (Wildman–Crippen MR) is 129 cm³/mol. The summed E-state index contributed by atoms with van der Waals surface area (Å²) in [5.74, 6) is 0.865. The van der Waals surface area contributed by atoms with Crippen LogP contribution in [0.5, 0.6) is 0 Å². The van der Waals surface area contributed by atoms with Crippen molar-refractivity contribution in [2.24, 2.45) is 0 Å². The number of aromatic nitrogens is 2. The molecule has 0 spiro atoms. The van der Waals surface area contributed by atoms with E-state index in [-0.39, 0.29) is 0 Å². The van der Waals surface area contributed by atoms with Gasteiger partial charge < -0.3 is 24.8 Å². The lowest BCUT2D eigenvalue weighted by molar-refractivity contribution is 0.122. The van der Waals surface area contributed by atoms with Crippen LogP contribution in [0.3, 0.4) is 0 Å². The van der Waals surface area contributed by atoms with Crippen molar-refractivity contribution in [1.29, 1.82) is 0 Å². The fourth-order valence-electron chi connectivity index (χ4n) is 3.42. The van der Waals surface area contributed by atoms with E-state index in [1.54, 1.807) is 19.5 Å². The number of benzene rings is 2. The summed E-state index contributed by atoms with van der Waals surface area (Å²) in [6, 6.07) is 15.6. The molecule has 2 aromatic carbocycles. The Kier molecular flexibility index (Phi) is 6.46. The number of morpholine rings is 1. The number of hydrogen-bond acceptors (Lipinski definition) is 7. The second kappa shape index (κ2) is 9.27. The first-order valence-corrected chi connectivity index (χ1v) is 13.0. The van der Waals surface area contributed by atoms with Crippen molar-refractivity contribution < 1.29 is 9.30 Å². The Balaban J connectivity index is 1.56. The van der Waals surface area contributed by atoms with Crippen molar-refractivity contribution in [3.05, 3.63) is 59.8 Å². The van der Waals surface area contributed by atoms with E-state index in [1.165, 1.54) is 0 Å². The molecule has 0 amide bonds. The highest BCUT2D eigenvalue weighted by atomic mass is 35.5. The van der Waals surface area contributed by atoms with Gasteiger partial charge in [-0.25, -0.2) is 4.98 Å². The minimum Gasteiger partial charge on any atom is -0.378 e. The van der Waals surface area contributed by atoms with E-state index < -0.39 is 7.14 Å². The number of halogens is 1. The van der Waals surface area contributed by atoms with Crippen molar-refractivity contribution >= 4 is 52.9 Å². The van der Waals surface area contributed by atoms with Gasteiger partial charge in [-0.05, 0) is 43.7 Å². The molecule has 1 fully saturated rings. The third-order valence-corrected chi connectivity index (χ3v) is 6.79. The Labute approximate surface area is 187 Å². The SMILES string of the molecule is CP(C)(=O)c1ccccc1Nc1nc(Nc2cccc(N3CCOCC3)c2)ncc1Cl. The average Bonchev–Trinajstić information content (AvgIpc) is 2.76. The van der Waals surface area contributed by atoms with Gasteiger partial charge in [-0.3, -0.25) is 0 Å². The molecular weight excluding hydrogens is 433 g/mol. The van der Waals surface area contributed by atoms with Crippen LogP contribution in [0.4, 0.5) is 28.8 Å². The maximum Gasteiger partial charge on any atom is 0.229 e. The maximum atomic E-state index is 12.7. The van der Waals surface area contributed by atoms with Crippen molar-refractivity contribution in [1.82, 2.24) is 9.97 Å². The summed E-state index contributed by atoms with van der Waals surface area (Å²) in [7, 11) is -2.47. The number of anilines is 5. The molecule has 3 aromatic rings. The van der Waals surface area contributed by atoms with Crippen LogP contribution in [0.25, 0.3) is 0 Å². The smallest absolute Gasteiger partial charge is 0.229 e. The predicted octanol–water partition coefficient (Wildman–Crippen LogP) is 4.70. The highest BCUT2D eigenvalue weighted by Crippen LogP contribution is 2.38. The van der Waals surface area contributed by atoms with Crippen LogP contribution in [0.2, 0.25) is 5.02 Å². The number of hydrogen-bond donors (Lipinski definition) is 2. The van der Waals surface area contributed by atoms with Gasteiger partial charge in [0.05, 0.1) is 25.1 Å². The van der Waals surface area contributed by atoms with Crippen LogP contribution in [0.1, 0.15) is 0 Å². The lowest BCUT2D eigenvalue weighted by Crippen LogP contribution is -2.36. The van der Waals surface area contributed by atoms with Gasteiger partial charge in [0, 0.05) is 29.8 Å². The Morgan fingerprint density at radius 1 is 1.06 bits per heavy atom. The van der Waals surface area contributed by atoms with Crippen LogP contribution in [-0.4, -0.2) is 49.6 Å². The van der Waals surface area contributed by atoms with Crippen LogP contribution in [-0.2, 0) is 9.30 Å². The molecule has 1 aromatic heterocycles. The fraction of sp³-hybridized carbons (Fsp3) is 0.273. The van der Waals surface area contributed by atoms with Crippen molar-refractivity contribution in [3.8, 4) is 0 Å². The third kappa shape index (κ3) is 5.37. The highest BCUT2D eigenvalue weighted by Gasteiger charge is 2.17. The lowest BCUT2D eigenvalue weighted by Gasteiger charge is -2.29. The lowest BCUT2D eigenvalue weighted by atomic mass is 10.2. The number of para-hydroxylation sites is 1. The number of nitrogens with one attached hydrogen (secondary N) is 2.